The quantitative estimate of drug-likeness (QED) is 0.605. The normalized spacial score (nSPS) is 9.13. The van der Waals surface area contributed by atoms with E-state index in [4.69, 9.17) is 0 Å². The molecule has 1 heterocycles. The molecular formula is C12H7FN2. The van der Waals surface area contributed by atoms with Crippen LogP contribution in [0.25, 0.3) is 0 Å². The number of nitrogens with zero attached hydrogens (tertiary/aromatic N) is 2. The van der Waals surface area contributed by atoms with E-state index in [0.29, 0.717) is 0 Å². The number of rotatable bonds is 0. The van der Waals surface area contributed by atoms with Crippen LogP contribution in [0.3, 0.4) is 0 Å². The summed E-state index contributed by atoms with van der Waals surface area (Å²) in [6, 6.07) is 6.02. The van der Waals surface area contributed by atoms with E-state index >= 15 is 0 Å². The van der Waals surface area contributed by atoms with Gasteiger partial charge in [0, 0.05) is 18.0 Å². The average molecular weight is 198 g/mol. The molecule has 0 saturated carbocycles. The van der Waals surface area contributed by atoms with Gasteiger partial charge in [-0.25, -0.2) is 14.4 Å². The van der Waals surface area contributed by atoms with Crippen LogP contribution in [0, 0.1) is 17.7 Å². The van der Waals surface area contributed by atoms with Gasteiger partial charge in [0.15, 0.2) is 0 Å². The maximum absolute atomic E-state index is 12.6. The van der Waals surface area contributed by atoms with Crippen LogP contribution in [0.2, 0.25) is 0 Å². The first kappa shape index (κ1) is 9.35. The van der Waals surface area contributed by atoms with Crippen molar-refractivity contribution in [3.05, 3.63) is 59.9 Å². The summed E-state index contributed by atoms with van der Waals surface area (Å²) in [5.74, 6) is 5.51. The summed E-state index contributed by atoms with van der Waals surface area (Å²) in [7, 11) is 0. The SMILES string of the molecule is Fc1ccc(C#Cc2cncnc2)cc1. The molecule has 1 aromatic carbocycles. The fraction of sp³-hybridized carbons (Fsp3) is 0. The van der Waals surface area contributed by atoms with Crippen LogP contribution in [0.4, 0.5) is 4.39 Å². The molecule has 2 rings (SSSR count). The molecule has 0 N–H and O–H groups in total. The molecule has 0 spiro atoms. The Balaban J connectivity index is 2.22. The first-order valence-electron chi connectivity index (χ1n) is 4.37. The minimum atomic E-state index is -0.261. The molecule has 1 aromatic heterocycles. The minimum Gasteiger partial charge on any atom is -0.244 e. The van der Waals surface area contributed by atoms with Gasteiger partial charge in [-0.15, -0.1) is 0 Å². The lowest BCUT2D eigenvalue weighted by atomic mass is 10.2. The topological polar surface area (TPSA) is 25.8 Å². The summed E-state index contributed by atoms with van der Waals surface area (Å²) in [6.07, 6.45) is 4.70. The van der Waals surface area contributed by atoms with Crippen molar-refractivity contribution in [1.29, 1.82) is 0 Å². The second-order valence-electron chi connectivity index (χ2n) is 2.88. The van der Waals surface area contributed by atoms with Crippen molar-refractivity contribution in [1.82, 2.24) is 9.97 Å². The van der Waals surface area contributed by atoms with Gasteiger partial charge in [0.05, 0.1) is 5.56 Å². The van der Waals surface area contributed by atoms with E-state index in [1.54, 1.807) is 24.5 Å². The number of benzene rings is 1. The van der Waals surface area contributed by atoms with Gasteiger partial charge in [-0.2, -0.15) is 0 Å². The Morgan fingerprint density at radius 2 is 1.47 bits per heavy atom. The van der Waals surface area contributed by atoms with Gasteiger partial charge in [0.25, 0.3) is 0 Å². The Morgan fingerprint density at radius 3 is 2.13 bits per heavy atom. The Kier molecular flexibility index (Phi) is 2.70. The number of halogens is 1. The molecule has 0 atom stereocenters. The summed E-state index contributed by atoms with van der Waals surface area (Å²) >= 11 is 0. The molecule has 15 heavy (non-hydrogen) atoms. The second kappa shape index (κ2) is 4.34. The molecule has 0 amide bonds. The van der Waals surface area contributed by atoms with Crippen LogP contribution in [0.5, 0.6) is 0 Å². The second-order valence-corrected chi connectivity index (χ2v) is 2.88. The molecule has 0 bridgehead atoms. The molecule has 0 aliphatic heterocycles. The van der Waals surface area contributed by atoms with Gasteiger partial charge in [-0.3, -0.25) is 0 Å². The van der Waals surface area contributed by atoms with Crippen molar-refractivity contribution in [3.8, 4) is 11.8 Å². The minimum absolute atomic E-state index is 0.261. The van der Waals surface area contributed by atoms with Crippen LogP contribution < -0.4 is 0 Å². The highest BCUT2D eigenvalue weighted by Crippen LogP contribution is 2.01. The lowest BCUT2D eigenvalue weighted by Crippen LogP contribution is -1.80. The molecule has 0 saturated heterocycles. The molecule has 0 unspecified atom stereocenters. The Hall–Kier alpha value is -2.21. The van der Waals surface area contributed by atoms with Crippen molar-refractivity contribution in [2.75, 3.05) is 0 Å². The molecule has 72 valence electrons. The van der Waals surface area contributed by atoms with Crippen molar-refractivity contribution in [2.45, 2.75) is 0 Å². The van der Waals surface area contributed by atoms with Gasteiger partial charge in [0.2, 0.25) is 0 Å². The van der Waals surface area contributed by atoms with Crippen LogP contribution in [-0.2, 0) is 0 Å². The third kappa shape index (κ3) is 2.61. The average Bonchev–Trinajstić information content (AvgIpc) is 2.30. The zero-order chi connectivity index (χ0) is 10.5. The number of hydrogen-bond acceptors (Lipinski definition) is 2. The summed E-state index contributed by atoms with van der Waals surface area (Å²) in [5.41, 5.74) is 1.50. The third-order valence-electron chi connectivity index (χ3n) is 1.76. The maximum Gasteiger partial charge on any atom is 0.123 e. The summed E-state index contributed by atoms with van der Waals surface area (Å²) in [5, 5.41) is 0. The fourth-order valence-corrected chi connectivity index (χ4v) is 1.04. The number of aromatic nitrogens is 2. The van der Waals surface area contributed by atoms with E-state index in [1.165, 1.54) is 18.5 Å². The van der Waals surface area contributed by atoms with Crippen LogP contribution in [-0.4, -0.2) is 9.97 Å². The van der Waals surface area contributed by atoms with E-state index < -0.39 is 0 Å². The molecule has 0 radical (unpaired) electrons. The van der Waals surface area contributed by atoms with Crippen LogP contribution in [0.15, 0.2) is 43.0 Å². The summed E-state index contributed by atoms with van der Waals surface area (Å²) in [4.78, 5) is 7.67. The highest BCUT2D eigenvalue weighted by molar-refractivity contribution is 5.40. The van der Waals surface area contributed by atoms with Gasteiger partial charge in [-0.1, -0.05) is 11.8 Å². The summed E-state index contributed by atoms with van der Waals surface area (Å²) in [6.45, 7) is 0. The maximum atomic E-state index is 12.6. The van der Waals surface area contributed by atoms with Gasteiger partial charge in [0.1, 0.15) is 12.1 Å². The predicted octanol–water partition coefficient (Wildman–Crippen LogP) is 2.02. The lowest BCUT2D eigenvalue weighted by molar-refractivity contribution is 0.627. The van der Waals surface area contributed by atoms with Crippen LogP contribution >= 0.6 is 0 Å². The van der Waals surface area contributed by atoms with Crippen molar-refractivity contribution in [2.24, 2.45) is 0 Å². The van der Waals surface area contributed by atoms with E-state index in [9.17, 15) is 4.39 Å². The smallest absolute Gasteiger partial charge is 0.123 e. The van der Waals surface area contributed by atoms with E-state index in [2.05, 4.69) is 21.8 Å². The Labute approximate surface area is 86.8 Å². The van der Waals surface area contributed by atoms with E-state index in [1.807, 2.05) is 0 Å². The zero-order valence-corrected chi connectivity index (χ0v) is 7.81. The Morgan fingerprint density at radius 1 is 0.867 bits per heavy atom. The lowest BCUT2D eigenvalue weighted by Gasteiger charge is -1.89. The first-order chi connectivity index (χ1) is 7.34. The zero-order valence-electron chi connectivity index (χ0n) is 7.81. The van der Waals surface area contributed by atoms with Gasteiger partial charge in [-0.05, 0) is 24.3 Å². The fourth-order valence-electron chi connectivity index (χ4n) is 1.04. The molecule has 0 fully saturated rings. The first-order valence-corrected chi connectivity index (χ1v) is 4.37. The molecule has 0 aliphatic rings. The van der Waals surface area contributed by atoms with Crippen LogP contribution in [0.1, 0.15) is 11.1 Å². The number of hydrogen-bond donors (Lipinski definition) is 0. The standard InChI is InChI=1S/C12H7FN2/c13-12-5-3-10(4-6-12)1-2-11-7-14-9-15-8-11/h3-9H. The highest BCUT2D eigenvalue weighted by Gasteiger charge is 1.89. The largest absolute Gasteiger partial charge is 0.244 e. The van der Waals surface area contributed by atoms with Gasteiger partial charge >= 0.3 is 0 Å². The molecule has 0 aliphatic carbocycles. The Bertz CT molecular complexity index is 495. The van der Waals surface area contributed by atoms with Crippen molar-refractivity contribution >= 4 is 0 Å². The molecule has 3 heteroatoms. The van der Waals surface area contributed by atoms with Gasteiger partial charge < -0.3 is 0 Å². The van der Waals surface area contributed by atoms with E-state index in [0.717, 1.165) is 11.1 Å². The summed E-state index contributed by atoms with van der Waals surface area (Å²) < 4.78 is 12.6. The third-order valence-corrected chi connectivity index (χ3v) is 1.76. The predicted molar refractivity (Wildman–Crippen MR) is 54.4 cm³/mol. The molecular weight excluding hydrogens is 191 g/mol. The van der Waals surface area contributed by atoms with E-state index in [-0.39, 0.29) is 5.82 Å². The van der Waals surface area contributed by atoms with Crippen molar-refractivity contribution in [3.63, 3.8) is 0 Å². The molecule has 2 nitrogen and oxygen atoms in total. The monoisotopic (exact) mass is 198 g/mol. The highest BCUT2D eigenvalue weighted by atomic mass is 19.1. The molecule has 2 aromatic rings. The van der Waals surface area contributed by atoms with Crippen molar-refractivity contribution < 1.29 is 4.39 Å².